The highest BCUT2D eigenvalue weighted by atomic mass is 79.9. The largest absolute Gasteiger partial charge is 0.433 e. The maximum absolute atomic E-state index is 13.0. The first-order valence-electron chi connectivity index (χ1n) is 6.94. The molecule has 0 aliphatic carbocycles. The van der Waals surface area contributed by atoms with Crippen LogP contribution in [0.3, 0.4) is 0 Å². The third-order valence-electron chi connectivity index (χ3n) is 3.10. The smallest absolute Gasteiger partial charge is 0.354 e. The van der Waals surface area contributed by atoms with E-state index in [9.17, 15) is 13.2 Å². The van der Waals surface area contributed by atoms with Gasteiger partial charge in [-0.1, -0.05) is 15.9 Å². The zero-order valence-electron chi connectivity index (χ0n) is 12.8. The summed E-state index contributed by atoms with van der Waals surface area (Å²) < 4.78 is 39.9. The van der Waals surface area contributed by atoms with Crippen LogP contribution in [0.25, 0.3) is 0 Å². The SMILES string of the molecule is CCNc1nc(Nc2c(C)cc(Br)cc2C)cc(C(F)(F)F)n1. The fourth-order valence-electron chi connectivity index (χ4n) is 2.13. The molecule has 0 unspecified atom stereocenters. The molecule has 1 aromatic carbocycles. The van der Waals surface area contributed by atoms with Gasteiger partial charge in [-0.3, -0.25) is 0 Å². The van der Waals surface area contributed by atoms with Crippen molar-refractivity contribution in [2.75, 3.05) is 17.2 Å². The van der Waals surface area contributed by atoms with Crippen LogP contribution in [0, 0.1) is 13.8 Å². The van der Waals surface area contributed by atoms with Crippen molar-refractivity contribution in [1.29, 1.82) is 0 Å². The third-order valence-corrected chi connectivity index (χ3v) is 3.56. The normalized spacial score (nSPS) is 11.4. The molecule has 0 bridgehead atoms. The number of nitrogens with zero attached hydrogens (tertiary/aromatic N) is 2. The van der Waals surface area contributed by atoms with Crippen molar-refractivity contribution in [2.24, 2.45) is 0 Å². The Morgan fingerprint density at radius 1 is 1.09 bits per heavy atom. The van der Waals surface area contributed by atoms with E-state index in [0.29, 0.717) is 6.54 Å². The highest BCUT2D eigenvalue weighted by Gasteiger charge is 2.33. The molecule has 0 amide bonds. The molecule has 2 N–H and O–H groups in total. The number of halogens is 4. The number of nitrogens with one attached hydrogen (secondary N) is 2. The number of rotatable bonds is 4. The van der Waals surface area contributed by atoms with Crippen molar-refractivity contribution in [3.63, 3.8) is 0 Å². The summed E-state index contributed by atoms with van der Waals surface area (Å²) in [7, 11) is 0. The molecule has 0 aliphatic rings. The van der Waals surface area contributed by atoms with Gasteiger partial charge in [0.15, 0.2) is 5.69 Å². The first-order chi connectivity index (χ1) is 10.7. The first kappa shape index (κ1) is 17.5. The van der Waals surface area contributed by atoms with Crippen molar-refractivity contribution < 1.29 is 13.2 Å². The van der Waals surface area contributed by atoms with Crippen molar-refractivity contribution in [1.82, 2.24) is 9.97 Å². The predicted octanol–water partition coefficient (Wildman–Crippen LogP) is 5.05. The van der Waals surface area contributed by atoms with E-state index in [2.05, 4.69) is 36.5 Å². The molecule has 1 aromatic heterocycles. The van der Waals surface area contributed by atoms with Crippen LogP contribution >= 0.6 is 15.9 Å². The lowest BCUT2D eigenvalue weighted by Crippen LogP contribution is -2.13. The van der Waals surface area contributed by atoms with E-state index < -0.39 is 11.9 Å². The van der Waals surface area contributed by atoms with Gasteiger partial charge in [0.25, 0.3) is 0 Å². The molecule has 0 atom stereocenters. The molecular weight excluding hydrogens is 373 g/mol. The topological polar surface area (TPSA) is 49.8 Å². The van der Waals surface area contributed by atoms with Gasteiger partial charge in [0.1, 0.15) is 5.82 Å². The van der Waals surface area contributed by atoms with Gasteiger partial charge < -0.3 is 10.6 Å². The molecule has 2 aromatic rings. The molecule has 0 saturated carbocycles. The van der Waals surface area contributed by atoms with Crippen LogP contribution in [0.15, 0.2) is 22.7 Å². The lowest BCUT2D eigenvalue weighted by atomic mass is 10.1. The number of hydrogen-bond donors (Lipinski definition) is 2. The molecular formula is C15H16BrF3N4. The summed E-state index contributed by atoms with van der Waals surface area (Å²) in [4.78, 5) is 7.59. The van der Waals surface area contributed by atoms with E-state index >= 15 is 0 Å². The monoisotopic (exact) mass is 388 g/mol. The van der Waals surface area contributed by atoms with Crippen LogP contribution in [-0.4, -0.2) is 16.5 Å². The highest BCUT2D eigenvalue weighted by molar-refractivity contribution is 9.10. The van der Waals surface area contributed by atoms with Crippen molar-refractivity contribution >= 4 is 33.4 Å². The molecule has 124 valence electrons. The number of hydrogen-bond acceptors (Lipinski definition) is 4. The van der Waals surface area contributed by atoms with E-state index in [-0.39, 0.29) is 11.8 Å². The van der Waals surface area contributed by atoms with Crippen LogP contribution in [0.1, 0.15) is 23.7 Å². The Balaban J connectivity index is 2.45. The minimum atomic E-state index is -4.53. The molecule has 0 saturated heterocycles. The number of aryl methyl sites for hydroxylation is 2. The Bertz CT molecular complexity index is 693. The summed E-state index contributed by atoms with van der Waals surface area (Å²) >= 11 is 3.39. The van der Waals surface area contributed by atoms with Crippen molar-refractivity contribution in [2.45, 2.75) is 26.9 Å². The van der Waals surface area contributed by atoms with Gasteiger partial charge in [-0.2, -0.15) is 18.2 Å². The summed E-state index contributed by atoms with van der Waals surface area (Å²) in [5, 5.41) is 5.68. The van der Waals surface area contributed by atoms with Crippen molar-refractivity contribution in [3.8, 4) is 0 Å². The van der Waals surface area contributed by atoms with Crippen LogP contribution in [-0.2, 0) is 6.18 Å². The van der Waals surface area contributed by atoms with Crippen molar-refractivity contribution in [3.05, 3.63) is 39.5 Å². The second-order valence-electron chi connectivity index (χ2n) is 5.03. The summed E-state index contributed by atoms with van der Waals surface area (Å²) in [5.41, 5.74) is 1.53. The zero-order valence-corrected chi connectivity index (χ0v) is 14.4. The predicted molar refractivity (Wildman–Crippen MR) is 88.1 cm³/mol. The number of aromatic nitrogens is 2. The van der Waals surface area contributed by atoms with Gasteiger partial charge in [-0.15, -0.1) is 0 Å². The second kappa shape index (κ2) is 6.74. The van der Waals surface area contributed by atoms with E-state index in [1.165, 1.54) is 0 Å². The van der Waals surface area contributed by atoms with Gasteiger partial charge in [-0.25, -0.2) is 4.98 Å². The van der Waals surface area contributed by atoms with E-state index in [1.54, 1.807) is 6.92 Å². The summed E-state index contributed by atoms with van der Waals surface area (Å²) in [6, 6.07) is 4.67. The van der Waals surface area contributed by atoms with Gasteiger partial charge in [0.2, 0.25) is 5.95 Å². The average molecular weight is 389 g/mol. The minimum absolute atomic E-state index is 0.0581. The molecule has 4 nitrogen and oxygen atoms in total. The standard InChI is InChI=1S/C15H16BrF3N4/c1-4-20-14-21-11(15(17,18)19)7-12(23-14)22-13-8(2)5-10(16)6-9(13)3/h5-7H,4H2,1-3H3,(H2,20,21,22,23). The number of anilines is 3. The lowest BCUT2D eigenvalue weighted by Gasteiger charge is -2.15. The van der Waals surface area contributed by atoms with Crippen LogP contribution in [0.2, 0.25) is 0 Å². The number of benzene rings is 1. The van der Waals surface area contributed by atoms with E-state index in [1.807, 2.05) is 26.0 Å². The van der Waals surface area contributed by atoms with Gasteiger partial charge in [0, 0.05) is 22.8 Å². The Morgan fingerprint density at radius 2 is 1.70 bits per heavy atom. The molecule has 23 heavy (non-hydrogen) atoms. The zero-order chi connectivity index (χ0) is 17.2. The maximum atomic E-state index is 13.0. The molecule has 0 fully saturated rings. The Morgan fingerprint density at radius 3 is 2.22 bits per heavy atom. The molecule has 0 aliphatic heterocycles. The third kappa shape index (κ3) is 4.34. The van der Waals surface area contributed by atoms with Gasteiger partial charge in [-0.05, 0) is 44.0 Å². The first-order valence-corrected chi connectivity index (χ1v) is 7.74. The molecule has 8 heteroatoms. The van der Waals surface area contributed by atoms with Gasteiger partial charge in [0.05, 0.1) is 0 Å². The molecule has 0 spiro atoms. The van der Waals surface area contributed by atoms with Crippen LogP contribution in [0.4, 0.5) is 30.6 Å². The van der Waals surface area contributed by atoms with Crippen LogP contribution in [0.5, 0.6) is 0 Å². The van der Waals surface area contributed by atoms with Crippen LogP contribution < -0.4 is 10.6 Å². The quantitative estimate of drug-likeness (QED) is 0.769. The Labute approximate surface area is 140 Å². The maximum Gasteiger partial charge on any atom is 0.433 e. The Hall–Kier alpha value is -1.83. The Kier molecular flexibility index (Phi) is 5.13. The van der Waals surface area contributed by atoms with E-state index in [4.69, 9.17) is 0 Å². The highest BCUT2D eigenvalue weighted by Crippen LogP contribution is 2.32. The molecule has 1 heterocycles. The summed E-state index contributed by atoms with van der Waals surface area (Å²) in [6.07, 6.45) is -4.53. The van der Waals surface area contributed by atoms with E-state index in [0.717, 1.165) is 27.4 Å². The average Bonchev–Trinajstić information content (AvgIpc) is 2.42. The minimum Gasteiger partial charge on any atom is -0.354 e. The molecule has 0 radical (unpaired) electrons. The molecule has 2 rings (SSSR count). The summed E-state index contributed by atoms with van der Waals surface area (Å²) in [5.74, 6) is 0.0361. The van der Waals surface area contributed by atoms with Gasteiger partial charge >= 0.3 is 6.18 Å². The fourth-order valence-corrected chi connectivity index (χ4v) is 2.82. The number of alkyl halides is 3. The lowest BCUT2D eigenvalue weighted by molar-refractivity contribution is -0.141. The summed E-state index contributed by atoms with van der Waals surface area (Å²) in [6.45, 7) is 5.94. The second-order valence-corrected chi connectivity index (χ2v) is 5.95. The fraction of sp³-hybridized carbons (Fsp3) is 0.333.